The summed E-state index contributed by atoms with van der Waals surface area (Å²) in [6.45, 7) is 3.11. The molecule has 1 saturated carbocycles. The van der Waals surface area contributed by atoms with Crippen molar-refractivity contribution in [1.29, 1.82) is 0 Å². The van der Waals surface area contributed by atoms with Gasteiger partial charge in [0.15, 0.2) is 6.23 Å². The summed E-state index contributed by atoms with van der Waals surface area (Å²) in [7, 11) is 2.23. The fourth-order valence-corrected chi connectivity index (χ4v) is 9.60. The van der Waals surface area contributed by atoms with Crippen LogP contribution in [0.3, 0.4) is 0 Å². The molecule has 4 saturated heterocycles. The average Bonchev–Trinajstić information content (AvgIpc) is 3.18. The predicted molar refractivity (Wildman–Crippen MR) is 120 cm³/mol. The number of quaternary nitrogens is 1. The summed E-state index contributed by atoms with van der Waals surface area (Å²) < 4.78 is 0.769. The van der Waals surface area contributed by atoms with Gasteiger partial charge in [-0.1, -0.05) is 55.5 Å². The number of aliphatic hydroxyl groups excluding tert-OH is 2. The zero-order chi connectivity index (χ0) is 21.1. The molecule has 6 aliphatic rings. The summed E-state index contributed by atoms with van der Waals surface area (Å²) >= 11 is 0. The molecule has 0 aromatic heterocycles. The SMILES string of the molecule is CC[C@H]1[C@@H]2C[C@H]3[C@@H]4N(C)c5ccccc5[C@@]45C[C@@H]([C@@H]2[C@@H]5O)[N+]3(Cc2ccccc2)[C@@H]1O. The lowest BCUT2D eigenvalue weighted by molar-refractivity contribution is -1.05. The van der Waals surface area contributed by atoms with Gasteiger partial charge >= 0.3 is 0 Å². The quantitative estimate of drug-likeness (QED) is 0.754. The zero-order valence-electron chi connectivity index (χ0n) is 18.4. The van der Waals surface area contributed by atoms with E-state index in [4.69, 9.17) is 0 Å². The monoisotopic (exact) mass is 417 g/mol. The van der Waals surface area contributed by atoms with Crippen LogP contribution in [0.1, 0.15) is 37.3 Å². The molecule has 4 nitrogen and oxygen atoms in total. The van der Waals surface area contributed by atoms with Crippen LogP contribution >= 0.6 is 0 Å². The third kappa shape index (κ3) is 1.88. The number of hydrogen-bond donors (Lipinski definition) is 2. The first-order valence-electron chi connectivity index (χ1n) is 12.1. The van der Waals surface area contributed by atoms with Crippen LogP contribution < -0.4 is 4.90 Å². The zero-order valence-corrected chi connectivity index (χ0v) is 18.4. The number of benzene rings is 2. The number of aliphatic hydroxyl groups is 2. The smallest absolute Gasteiger partial charge is 0.194 e. The van der Waals surface area contributed by atoms with E-state index in [1.807, 2.05) is 0 Å². The molecule has 0 radical (unpaired) electrons. The second-order valence-electron chi connectivity index (χ2n) is 11.0. The summed E-state index contributed by atoms with van der Waals surface area (Å²) in [4.78, 5) is 2.47. The van der Waals surface area contributed by atoms with Crippen LogP contribution in [0, 0.1) is 17.8 Å². The van der Waals surface area contributed by atoms with Gasteiger partial charge in [-0.15, -0.1) is 0 Å². The van der Waals surface area contributed by atoms with Crippen LogP contribution in [0.4, 0.5) is 5.69 Å². The van der Waals surface area contributed by atoms with Gasteiger partial charge in [-0.2, -0.15) is 0 Å². The summed E-state index contributed by atoms with van der Waals surface area (Å²) in [5.41, 5.74) is 3.78. The molecule has 5 heterocycles. The Hall–Kier alpha value is -1.88. The molecule has 5 aliphatic heterocycles. The number of piperidine rings is 4. The van der Waals surface area contributed by atoms with Gasteiger partial charge in [-0.05, 0) is 24.0 Å². The maximum Gasteiger partial charge on any atom is 0.194 e. The maximum atomic E-state index is 12.1. The molecule has 10 atom stereocenters. The van der Waals surface area contributed by atoms with Crippen molar-refractivity contribution in [3.05, 3.63) is 65.7 Å². The Balaban J connectivity index is 1.47. The Morgan fingerprint density at radius 2 is 1.77 bits per heavy atom. The molecule has 1 unspecified atom stereocenters. The molecule has 31 heavy (non-hydrogen) atoms. The minimum atomic E-state index is -0.337. The minimum absolute atomic E-state index is 0.180. The second kappa shape index (κ2) is 5.92. The second-order valence-corrected chi connectivity index (χ2v) is 11.0. The van der Waals surface area contributed by atoms with E-state index in [1.165, 1.54) is 16.8 Å². The lowest BCUT2D eigenvalue weighted by Gasteiger charge is -2.68. The third-order valence-electron chi connectivity index (χ3n) is 10.4. The first-order chi connectivity index (χ1) is 15.1. The van der Waals surface area contributed by atoms with Crippen molar-refractivity contribution in [1.82, 2.24) is 0 Å². The molecule has 1 aliphatic carbocycles. The van der Waals surface area contributed by atoms with Crippen LogP contribution in [-0.2, 0) is 12.0 Å². The topological polar surface area (TPSA) is 43.7 Å². The van der Waals surface area contributed by atoms with Crippen LogP contribution in [0.15, 0.2) is 54.6 Å². The first-order valence-corrected chi connectivity index (χ1v) is 12.1. The number of anilines is 1. The molecular weight excluding hydrogens is 384 g/mol. The van der Waals surface area contributed by atoms with Gasteiger partial charge in [0.1, 0.15) is 12.6 Å². The Morgan fingerprint density at radius 3 is 2.55 bits per heavy atom. The van der Waals surface area contributed by atoms with E-state index in [1.54, 1.807) is 0 Å². The lowest BCUT2D eigenvalue weighted by atomic mass is 9.60. The predicted octanol–water partition coefficient (Wildman–Crippen LogP) is 3.27. The highest BCUT2D eigenvalue weighted by Crippen LogP contribution is 2.71. The minimum Gasteiger partial charge on any atom is -0.392 e. The summed E-state index contributed by atoms with van der Waals surface area (Å²) in [6.07, 6.45) is 2.47. The first kappa shape index (κ1) is 18.7. The van der Waals surface area contributed by atoms with Gasteiger partial charge in [0, 0.05) is 43.0 Å². The molecule has 1 spiro atoms. The van der Waals surface area contributed by atoms with Crippen LogP contribution in [0.2, 0.25) is 0 Å². The standard InChI is InChI=1S/C27H33N2O2/c1-3-17-18-13-21-24-27(19-11-7-8-12-20(19)28(24)2)14-22(23(18)25(27)30)29(21,26(17)31)15-16-9-5-4-6-10-16/h4-12,17-18,21-26,30-31H,3,13-15H2,1-2H3/q+1/t17-,18-,21-,22-,23+,24-,25-,26+,27-,29?/m0/s1. The molecule has 4 heteroatoms. The maximum absolute atomic E-state index is 12.1. The Labute approximate surface area is 184 Å². The summed E-state index contributed by atoms with van der Waals surface area (Å²) in [5, 5.41) is 24.1. The number of para-hydroxylation sites is 1. The fraction of sp³-hybridized carbons (Fsp3) is 0.556. The molecule has 5 bridgehead atoms. The van der Waals surface area contributed by atoms with Crippen molar-refractivity contribution >= 4 is 5.69 Å². The molecule has 5 fully saturated rings. The molecular formula is C27H33N2O2+. The van der Waals surface area contributed by atoms with Gasteiger partial charge in [-0.25, -0.2) is 0 Å². The summed E-state index contributed by atoms with van der Waals surface area (Å²) in [6, 6.07) is 20.5. The number of hydrogen-bond acceptors (Lipinski definition) is 3. The van der Waals surface area contributed by atoms with Crippen molar-refractivity contribution in [2.24, 2.45) is 17.8 Å². The van der Waals surface area contributed by atoms with Crippen LogP contribution in [0.25, 0.3) is 0 Å². The Kier molecular flexibility index (Phi) is 3.56. The lowest BCUT2D eigenvalue weighted by Crippen LogP contribution is -2.82. The highest BCUT2D eigenvalue weighted by molar-refractivity contribution is 5.66. The van der Waals surface area contributed by atoms with Crippen molar-refractivity contribution < 1.29 is 14.7 Å². The van der Waals surface area contributed by atoms with Crippen molar-refractivity contribution in [2.75, 3.05) is 11.9 Å². The van der Waals surface area contributed by atoms with E-state index in [9.17, 15) is 10.2 Å². The van der Waals surface area contributed by atoms with E-state index in [0.29, 0.717) is 18.0 Å². The Bertz CT molecular complexity index is 1040. The third-order valence-corrected chi connectivity index (χ3v) is 10.4. The van der Waals surface area contributed by atoms with Gasteiger partial charge in [0.2, 0.25) is 0 Å². The van der Waals surface area contributed by atoms with E-state index >= 15 is 0 Å². The van der Waals surface area contributed by atoms with Gasteiger partial charge < -0.3 is 15.1 Å². The Morgan fingerprint density at radius 1 is 1.03 bits per heavy atom. The fourth-order valence-electron chi connectivity index (χ4n) is 9.60. The molecule has 2 N–H and O–H groups in total. The van der Waals surface area contributed by atoms with E-state index in [2.05, 4.69) is 73.5 Å². The highest BCUT2D eigenvalue weighted by atomic mass is 16.3. The van der Waals surface area contributed by atoms with E-state index in [0.717, 1.165) is 30.3 Å². The molecule has 8 rings (SSSR count). The number of likely N-dealkylation sites (N-methyl/N-ethyl adjacent to an activating group) is 1. The van der Waals surface area contributed by atoms with Crippen molar-refractivity contribution in [3.63, 3.8) is 0 Å². The summed E-state index contributed by atoms with van der Waals surface area (Å²) in [5.74, 6) is 1.01. The van der Waals surface area contributed by atoms with Crippen molar-refractivity contribution in [3.8, 4) is 0 Å². The van der Waals surface area contributed by atoms with Crippen molar-refractivity contribution in [2.45, 2.75) is 68.6 Å². The number of fused-ring (bicyclic) bond motifs is 2. The van der Waals surface area contributed by atoms with Crippen LogP contribution in [-0.4, -0.2) is 52.2 Å². The van der Waals surface area contributed by atoms with Gasteiger partial charge in [0.05, 0.1) is 23.6 Å². The molecule has 2 aromatic rings. The number of rotatable bonds is 3. The normalized spacial score (nSPS) is 48.2. The molecule has 162 valence electrons. The largest absolute Gasteiger partial charge is 0.392 e. The average molecular weight is 418 g/mol. The molecule has 0 amide bonds. The number of nitrogens with zero attached hydrogens (tertiary/aromatic N) is 2. The van der Waals surface area contributed by atoms with Gasteiger partial charge in [-0.3, -0.25) is 4.48 Å². The highest BCUT2D eigenvalue weighted by Gasteiger charge is 2.82. The van der Waals surface area contributed by atoms with E-state index < -0.39 is 0 Å². The van der Waals surface area contributed by atoms with Gasteiger partial charge in [0.25, 0.3) is 0 Å². The molecule has 2 aromatic carbocycles. The van der Waals surface area contributed by atoms with E-state index in [-0.39, 0.29) is 35.6 Å². The van der Waals surface area contributed by atoms with Crippen LogP contribution in [0.5, 0.6) is 0 Å².